The van der Waals surface area contributed by atoms with E-state index in [1.165, 1.54) is 18.9 Å². The Hall–Kier alpha value is -1.61. The first-order valence-corrected chi connectivity index (χ1v) is 7.57. The van der Waals surface area contributed by atoms with Crippen LogP contribution >= 0.6 is 11.8 Å². The van der Waals surface area contributed by atoms with Gasteiger partial charge in [0, 0.05) is 12.6 Å². The van der Waals surface area contributed by atoms with E-state index in [9.17, 15) is 9.59 Å². The summed E-state index contributed by atoms with van der Waals surface area (Å²) in [5.41, 5.74) is 0. The lowest BCUT2D eigenvalue weighted by atomic mass is 10.2. The molecule has 0 aliphatic carbocycles. The number of H-pyrrole nitrogens is 1. The fourth-order valence-electron chi connectivity index (χ4n) is 2.30. The monoisotopic (exact) mass is 313 g/mol. The molecule has 1 aliphatic heterocycles. The van der Waals surface area contributed by atoms with E-state index in [-0.39, 0.29) is 29.7 Å². The number of carbonyl (C=O) groups excluding carboxylic acids is 2. The minimum Gasteiger partial charge on any atom is -0.468 e. The van der Waals surface area contributed by atoms with Crippen LogP contribution in [0.4, 0.5) is 0 Å². The first kappa shape index (κ1) is 15.8. The summed E-state index contributed by atoms with van der Waals surface area (Å²) in [6, 6.07) is -0.329. The molecule has 0 bridgehead atoms. The molecule has 0 spiro atoms. The molecule has 2 heterocycles. The summed E-state index contributed by atoms with van der Waals surface area (Å²) in [7, 11) is 3.22. The Kier molecular flexibility index (Phi) is 5.18. The number of nitrogens with one attached hydrogen (secondary N) is 2. The van der Waals surface area contributed by atoms with Crippen LogP contribution in [-0.4, -0.2) is 70.5 Å². The van der Waals surface area contributed by atoms with Gasteiger partial charge in [-0.05, 0) is 20.4 Å². The van der Waals surface area contributed by atoms with E-state index >= 15 is 0 Å². The number of amides is 1. The van der Waals surface area contributed by atoms with Crippen molar-refractivity contribution in [1.29, 1.82) is 0 Å². The maximum Gasteiger partial charge on any atom is 0.323 e. The number of esters is 1. The number of aromatic amines is 1. The Labute approximate surface area is 127 Å². The lowest BCUT2D eigenvalue weighted by molar-refractivity contribution is -0.145. The average Bonchev–Trinajstić information content (AvgIpc) is 3.02. The van der Waals surface area contributed by atoms with Gasteiger partial charge in [0.15, 0.2) is 0 Å². The van der Waals surface area contributed by atoms with Gasteiger partial charge in [0.25, 0.3) is 0 Å². The highest BCUT2D eigenvalue weighted by Gasteiger charge is 2.35. The van der Waals surface area contributed by atoms with Crippen molar-refractivity contribution >= 4 is 23.6 Å². The summed E-state index contributed by atoms with van der Waals surface area (Å²) in [6.07, 6.45) is 0.569. The van der Waals surface area contributed by atoms with Crippen molar-refractivity contribution in [2.45, 2.75) is 30.6 Å². The molecule has 1 saturated heterocycles. The lowest BCUT2D eigenvalue weighted by Crippen LogP contribution is -2.37. The molecule has 9 heteroatoms. The molecular weight excluding hydrogens is 294 g/mol. The Balaban J connectivity index is 1.77. The maximum absolute atomic E-state index is 11.9. The van der Waals surface area contributed by atoms with Gasteiger partial charge in [-0.25, -0.2) is 4.98 Å². The topological polar surface area (TPSA) is 100 Å². The third kappa shape index (κ3) is 4.18. The molecule has 116 valence electrons. The van der Waals surface area contributed by atoms with Crippen LogP contribution in [0.1, 0.15) is 12.2 Å². The number of hydrogen-bond acceptors (Lipinski definition) is 7. The average molecular weight is 313 g/mol. The van der Waals surface area contributed by atoms with E-state index in [1.54, 1.807) is 6.92 Å². The highest BCUT2D eigenvalue weighted by atomic mass is 32.2. The predicted molar refractivity (Wildman–Crippen MR) is 76.8 cm³/mol. The van der Waals surface area contributed by atoms with E-state index in [4.69, 9.17) is 4.74 Å². The number of carbonyl (C=O) groups is 2. The second kappa shape index (κ2) is 6.90. The quantitative estimate of drug-likeness (QED) is 0.562. The largest absolute Gasteiger partial charge is 0.468 e. The standard InChI is InChI=1S/C12H19N5O3S/c1-7-13-12(16-15-7)21-6-10(18)14-8-4-9(11(19)20-3)17(2)5-8/h8-9H,4-6H2,1-3H3,(H,14,18)(H,13,15,16)/t8-,9-/m0/s1. The zero-order valence-electron chi connectivity index (χ0n) is 12.3. The number of thioether (sulfide) groups is 1. The van der Waals surface area contributed by atoms with Crippen molar-refractivity contribution in [2.75, 3.05) is 26.5 Å². The van der Waals surface area contributed by atoms with Crippen LogP contribution in [0.15, 0.2) is 5.16 Å². The first-order chi connectivity index (χ1) is 9.99. The molecule has 0 aromatic carbocycles. The van der Waals surface area contributed by atoms with Crippen LogP contribution in [-0.2, 0) is 14.3 Å². The highest BCUT2D eigenvalue weighted by Crippen LogP contribution is 2.17. The van der Waals surface area contributed by atoms with Crippen LogP contribution < -0.4 is 5.32 Å². The van der Waals surface area contributed by atoms with E-state index in [0.717, 1.165) is 5.82 Å². The number of methoxy groups -OCH3 is 1. The molecule has 2 rings (SSSR count). The summed E-state index contributed by atoms with van der Waals surface area (Å²) in [4.78, 5) is 29.5. The number of aromatic nitrogens is 3. The lowest BCUT2D eigenvalue weighted by Gasteiger charge is -2.15. The molecular formula is C12H19N5O3S. The summed E-state index contributed by atoms with van der Waals surface area (Å²) >= 11 is 1.27. The molecule has 21 heavy (non-hydrogen) atoms. The van der Waals surface area contributed by atoms with Crippen LogP contribution in [0, 0.1) is 6.92 Å². The van der Waals surface area contributed by atoms with E-state index in [1.807, 2.05) is 11.9 Å². The third-order valence-electron chi connectivity index (χ3n) is 3.30. The van der Waals surface area contributed by atoms with E-state index in [2.05, 4.69) is 20.5 Å². The second-order valence-electron chi connectivity index (χ2n) is 4.97. The minimum atomic E-state index is -0.288. The third-order valence-corrected chi connectivity index (χ3v) is 4.14. The minimum absolute atomic E-state index is 0.0407. The molecule has 1 amide bonds. The number of nitrogens with zero attached hydrogens (tertiary/aromatic N) is 3. The summed E-state index contributed by atoms with van der Waals surface area (Å²) in [5, 5.41) is 10.2. The molecule has 2 N–H and O–H groups in total. The second-order valence-corrected chi connectivity index (χ2v) is 5.91. The van der Waals surface area contributed by atoms with E-state index in [0.29, 0.717) is 18.1 Å². The maximum atomic E-state index is 11.9. The number of aryl methyl sites for hydroxylation is 1. The van der Waals surface area contributed by atoms with Gasteiger partial charge in [0.2, 0.25) is 11.1 Å². The molecule has 1 fully saturated rings. The first-order valence-electron chi connectivity index (χ1n) is 6.59. The molecule has 1 aromatic rings. The van der Waals surface area contributed by atoms with Crippen molar-refractivity contribution < 1.29 is 14.3 Å². The van der Waals surface area contributed by atoms with Gasteiger partial charge < -0.3 is 10.1 Å². The SMILES string of the molecule is COC(=O)[C@@H]1C[C@H](NC(=O)CSc2n[nH]c(C)n2)CN1C. The van der Waals surface area contributed by atoms with Gasteiger partial charge in [0.1, 0.15) is 11.9 Å². The zero-order valence-corrected chi connectivity index (χ0v) is 13.1. The van der Waals surface area contributed by atoms with Gasteiger partial charge in [-0.15, -0.1) is 5.10 Å². The molecule has 0 unspecified atom stereocenters. The smallest absolute Gasteiger partial charge is 0.323 e. The van der Waals surface area contributed by atoms with Crippen molar-refractivity contribution in [1.82, 2.24) is 25.4 Å². The molecule has 0 radical (unpaired) electrons. The number of likely N-dealkylation sites (tertiary alicyclic amines) is 1. The molecule has 2 atom stereocenters. The Morgan fingerprint density at radius 3 is 2.95 bits per heavy atom. The van der Waals surface area contributed by atoms with Crippen molar-refractivity contribution in [3.8, 4) is 0 Å². The summed E-state index contributed by atoms with van der Waals surface area (Å²) in [6.45, 7) is 2.44. The number of ether oxygens (including phenoxy) is 1. The van der Waals surface area contributed by atoms with Gasteiger partial charge in [-0.1, -0.05) is 11.8 Å². The fraction of sp³-hybridized carbons (Fsp3) is 0.667. The van der Waals surface area contributed by atoms with Crippen LogP contribution in [0.5, 0.6) is 0 Å². The number of likely N-dealkylation sites (N-methyl/N-ethyl adjacent to an activating group) is 1. The fourth-order valence-corrected chi connectivity index (χ4v) is 2.96. The normalized spacial score (nSPS) is 22.2. The van der Waals surface area contributed by atoms with Gasteiger partial charge in [0.05, 0.1) is 12.9 Å². The summed E-state index contributed by atoms with van der Waals surface area (Å²) < 4.78 is 4.75. The van der Waals surface area contributed by atoms with Crippen molar-refractivity contribution in [2.24, 2.45) is 0 Å². The van der Waals surface area contributed by atoms with Gasteiger partial charge in [-0.2, -0.15) is 0 Å². The molecule has 0 saturated carbocycles. The summed E-state index contributed by atoms with van der Waals surface area (Å²) in [5.74, 6) is 0.614. The van der Waals surface area contributed by atoms with Crippen LogP contribution in [0.2, 0.25) is 0 Å². The molecule has 1 aliphatic rings. The number of rotatable bonds is 5. The molecule has 1 aromatic heterocycles. The zero-order chi connectivity index (χ0) is 15.4. The Bertz CT molecular complexity index is 521. The van der Waals surface area contributed by atoms with Crippen LogP contribution in [0.25, 0.3) is 0 Å². The predicted octanol–water partition coefficient (Wildman–Crippen LogP) is -0.433. The van der Waals surface area contributed by atoms with Gasteiger partial charge in [-0.3, -0.25) is 19.6 Å². The Morgan fingerprint density at radius 2 is 2.33 bits per heavy atom. The van der Waals surface area contributed by atoms with Crippen molar-refractivity contribution in [3.63, 3.8) is 0 Å². The van der Waals surface area contributed by atoms with Crippen molar-refractivity contribution in [3.05, 3.63) is 5.82 Å². The van der Waals surface area contributed by atoms with Crippen LogP contribution in [0.3, 0.4) is 0 Å². The highest BCUT2D eigenvalue weighted by molar-refractivity contribution is 7.99. The van der Waals surface area contributed by atoms with Gasteiger partial charge >= 0.3 is 5.97 Å². The number of hydrogen-bond donors (Lipinski definition) is 2. The molecule has 8 nitrogen and oxygen atoms in total. The van der Waals surface area contributed by atoms with E-state index < -0.39 is 0 Å². The Morgan fingerprint density at radius 1 is 1.57 bits per heavy atom.